The molecule has 0 fully saturated rings. The van der Waals surface area contributed by atoms with Crippen molar-refractivity contribution in [2.75, 3.05) is 0 Å². The van der Waals surface area contributed by atoms with Crippen LogP contribution < -0.4 is 10.4 Å². The maximum Gasteiger partial charge on any atom is 0.0786 e. The van der Waals surface area contributed by atoms with E-state index in [2.05, 4.69) is 74.1 Å². The molecule has 0 atom stereocenters. The van der Waals surface area contributed by atoms with Crippen LogP contribution in [0.2, 0.25) is 0 Å². The highest BCUT2D eigenvalue weighted by Gasteiger charge is 2.14. The average Bonchev–Trinajstić information content (AvgIpc) is 3.10. The first kappa shape index (κ1) is 19.8. The van der Waals surface area contributed by atoms with Crippen molar-refractivity contribution >= 4 is 11.6 Å². The fourth-order valence-electron chi connectivity index (χ4n) is 3.38. The summed E-state index contributed by atoms with van der Waals surface area (Å²) in [5.74, 6) is 0. The third kappa shape index (κ3) is 4.49. The van der Waals surface area contributed by atoms with Gasteiger partial charge < -0.3 is 5.11 Å². The third-order valence-corrected chi connectivity index (χ3v) is 4.73. The van der Waals surface area contributed by atoms with Crippen LogP contribution in [0.5, 0.6) is 0 Å². The van der Waals surface area contributed by atoms with Crippen LogP contribution in [0, 0.1) is 6.92 Å². The van der Waals surface area contributed by atoms with Gasteiger partial charge in [-0.05, 0) is 54.8 Å². The molecule has 2 aromatic carbocycles. The van der Waals surface area contributed by atoms with Gasteiger partial charge in [0.2, 0.25) is 0 Å². The molecule has 0 aliphatic rings. The molecular weight excluding hydrogens is 344 g/mol. The molecule has 0 aliphatic heterocycles. The van der Waals surface area contributed by atoms with Crippen molar-refractivity contribution in [1.29, 1.82) is 0 Å². The van der Waals surface area contributed by atoms with Crippen molar-refractivity contribution in [2.45, 2.75) is 39.8 Å². The van der Waals surface area contributed by atoms with Gasteiger partial charge in [0.15, 0.2) is 0 Å². The van der Waals surface area contributed by atoms with E-state index in [1.807, 2.05) is 18.5 Å². The molecule has 0 bridgehead atoms. The molecule has 144 valence electrons. The second-order valence-corrected chi connectivity index (χ2v) is 7.81. The Bertz CT molecular complexity index is 1100. The maximum atomic E-state index is 9.97. The number of aryl methyl sites for hydroxylation is 1. The minimum Gasteiger partial charge on any atom is -0.389 e. The topological polar surface area (TPSA) is 38.0 Å². The number of nitrogens with zero attached hydrogens (tertiary/aromatic N) is 2. The second kappa shape index (κ2) is 7.99. The highest BCUT2D eigenvalue weighted by Crippen LogP contribution is 2.22. The summed E-state index contributed by atoms with van der Waals surface area (Å²) in [5, 5.41) is 16.7. The predicted octanol–water partition coefficient (Wildman–Crippen LogP) is 3.81. The Balaban J connectivity index is 2.00. The molecule has 28 heavy (non-hydrogen) atoms. The number of allylic oxidation sites excluding steroid dienone is 1. The van der Waals surface area contributed by atoms with Gasteiger partial charge in [-0.25, -0.2) is 0 Å². The molecule has 1 heterocycles. The molecular formula is C25H28N2O. The van der Waals surface area contributed by atoms with Crippen molar-refractivity contribution in [3.05, 3.63) is 89.1 Å². The van der Waals surface area contributed by atoms with Gasteiger partial charge in [-0.2, -0.15) is 5.10 Å². The molecule has 0 unspecified atom stereocenters. The first-order valence-corrected chi connectivity index (χ1v) is 9.56. The standard InChI is InChI=1S/C25H28N2O/c1-6-19-9-8-18(3)14-24(19)23(7-2)21-12-10-20(11-13-21)22-15-26-27(16-22)17-25(4,5)28/h6-16,28H,2,17H2,1,3-5H3/b19-6-,24-23+. The number of rotatable bonds is 5. The van der Waals surface area contributed by atoms with Crippen molar-refractivity contribution in [3.63, 3.8) is 0 Å². The lowest BCUT2D eigenvalue weighted by atomic mass is 9.98. The number of benzene rings is 2. The van der Waals surface area contributed by atoms with Gasteiger partial charge in [-0.15, -0.1) is 0 Å². The van der Waals surface area contributed by atoms with Gasteiger partial charge in [0.05, 0.1) is 18.3 Å². The molecule has 0 aliphatic carbocycles. The average molecular weight is 373 g/mol. The summed E-state index contributed by atoms with van der Waals surface area (Å²) in [6.07, 6.45) is 7.86. The zero-order valence-corrected chi connectivity index (χ0v) is 17.1. The molecule has 3 aromatic rings. The lowest BCUT2D eigenvalue weighted by Gasteiger charge is -2.16. The summed E-state index contributed by atoms with van der Waals surface area (Å²) < 4.78 is 1.78. The van der Waals surface area contributed by atoms with E-state index < -0.39 is 5.60 Å². The van der Waals surface area contributed by atoms with E-state index in [1.165, 1.54) is 16.0 Å². The third-order valence-electron chi connectivity index (χ3n) is 4.73. The molecule has 0 saturated carbocycles. The number of aromatic nitrogens is 2. The van der Waals surface area contributed by atoms with Crippen LogP contribution in [0.15, 0.2) is 67.5 Å². The highest BCUT2D eigenvalue weighted by molar-refractivity contribution is 5.75. The molecule has 1 N–H and O–H groups in total. The molecule has 3 heteroatoms. The zero-order chi connectivity index (χ0) is 20.3. The van der Waals surface area contributed by atoms with E-state index in [9.17, 15) is 5.11 Å². The number of aliphatic hydroxyl groups is 1. The lowest BCUT2D eigenvalue weighted by Crippen LogP contribution is -2.26. The van der Waals surface area contributed by atoms with Crippen LogP contribution in [0.4, 0.5) is 0 Å². The Labute approximate surface area is 167 Å². The van der Waals surface area contributed by atoms with Crippen LogP contribution in [-0.4, -0.2) is 20.5 Å². The van der Waals surface area contributed by atoms with E-state index in [-0.39, 0.29) is 0 Å². The summed E-state index contributed by atoms with van der Waals surface area (Å²) in [6, 6.07) is 15.0. The van der Waals surface area contributed by atoms with Crippen molar-refractivity contribution in [3.8, 4) is 11.1 Å². The molecule has 3 rings (SSSR count). The van der Waals surface area contributed by atoms with Crippen molar-refractivity contribution < 1.29 is 5.11 Å². The molecule has 0 amide bonds. The van der Waals surface area contributed by atoms with Crippen LogP contribution in [0.3, 0.4) is 0 Å². The summed E-state index contributed by atoms with van der Waals surface area (Å²) in [4.78, 5) is 0. The molecule has 0 saturated heterocycles. The maximum absolute atomic E-state index is 9.97. The summed E-state index contributed by atoms with van der Waals surface area (Å²) in [7, 11) is 0. The zero-order valence-electron chi connectivity index (χ0n) is 17.1. The molecule has 1 aromatic heterocycles. The largest absolute Gasteiger partial charge is 0.389 e. The van der Waals surface area contributed by atoms with Gasteiger partial charge in [-0.3, -0.25) is 4.68 Å². The van der Waals surface area contributed by atoms with E-state index in [0.717, 1.165) is 22.3 Å². The smallest absolute Gasteiger partial charge is 0.0786 e. The Morgan fingerprint density at radius 3 is 2.46 bits per heavy atom. The van der Waals surface area contributed by atoms with E-state index >= 15 is 0 Å². The Kier molecular flexibility index (Phi) is 5.66. The SMILES string of the molecule is C=C/C(c1ccc(-c2cnn(CC(C)(C)O)c2)cc1)=c1/cc(C)cc/c1=C/C. The van der Waals surface area contributed by atoms with Gasteiger partial charge in [0.25, 0.3) is 0 Å². The van der Waals surface area contributed by atoms with Gasteiger partial charge in [0, 0.05) is 11.8 Å². The van der Waals surface area contributed by atoms with E-state index in [1.54, 1.807) is 18.5 Å². The summed E-state index contributed by atoms with van der Waals surface area (Å²) >= 11 is 0. The van der Waals surface area contributed by atoms with Crippen LogP contribution in [0.25, 0.3) is 22.8 Å². The predicted molar refractivity (Wildman–Crippen MR) is 117 cm³/mol. The van der Waals surface area contributed by atoms with Crippen LogP contribution in [0.1, 0.15) is 31.9 Å². The molecule has 0 radical (unpaired) electrons. The quantitative estimate of drug-likeness (QED) is 0.739. The van der Waals surface area contributed by atoms with E-state index in [0.29, 0.717) is 6.54 Å². The number of hydrogen-bond acceptors (Lipinski definition) is 2. The summed E-state index contributed by atoms with van der Waals surface area (Å²) in [6.45, 7) is 12.2. The highest BCUT2D eigenvalue weighted by atomic mass is 16.3. The molecule has 3 nitrogen and oxygen atoms in total. The fourth-order valence-corrected chi connectivity index (χ4v) is 3.38. The van der Waals surface area contributed by atoms with Gasteiger partial charge in [0.1, 0.15) is 0 Å². The van der Waals surface area contributed by atoms with E-state index in [4.69, 9.17) is 0 Å². The monoisotopic (exact) mass is 372 g/mol. The van der Waals surface area contributed by atoms with Crippen molar-refractivity contribution in [1.82, 2.24) is 9.78 Å². The first-order valence-electron chi connectivity index (χ1n) is 9.56. The van der Waals surface area contributed by atoms with Gasteiger partial charge >= 0.3 is 0 Å². The van der Waals surface area contributed by atoms with Gasteiger partial charge in [-0.1, -0.05) is 66.8 Å². The molecule has 0 spiro atoms. The Hall–Kier alpha value is -2.91. The normalized spacial score (nSPS) is 13.5. The lowest BCUT2D eigenvalue weighted by molar-refractivity contribution is 0.0577. The second-order valence-electron chi connectivity index (χ2n) is 7.81. The first-order chi connectivity index (χ1) is 13.3. The van der Waals surface area contributed by atoms with Crippen LogP contribution >= 0.6 is 0 Å². The minimum atomic E-state index is -0.789. The Morgan fingerprint density at radius 1 is 1.14 bits per heavy atom. The van der Waals surface area contributed by atoms with Crippen molar-refractivity contribution in [2.24, 2.45) is 0 Å². The Morgan fingerprint density at radius 2 is 1.86 bits per heavy atom. The van der Waals surface area contributed by atoms with Crippen LogP contribution in [-0.2, 0) is 6.54 Å². The minimum absolute atomic E-state index is 0.461. The fraction of sp³-hybridized carbons (Fsp3) is 0.240. The number of hydrogen-bond donors (Lipinski definition) is 1. The summed E-state index contributed by atoms with van der Waals surface area (Å²) in [5.41, 5.74) is 4.84.